The third-order valence-electron chi connectivity index (χ3n) is 11.2. The van der Waals surface area contributed by atoms with E-state index in [0.717, 1.165) is 38.1 Å². The molecule has 4 aromatic rings. The number of aliphatic hydroxyl groups excluding tert-OH is 1. The van der Waals surface area contributed by atoms with Crippen molar-refractivity contribution in [2.24, 2.45) is 17.2 Å². The predicted octanol–water partition coefficient (Wildman–Crippen LogP) is -0.0839. The smallest absolute Gasteiger partial charge is 0.245 e. The van der Waals surface area contributed by atoms with Crippen LogP contribution in [0.5, 0.6) is 5.75 Å². The molecule has 0 aliphatic carbocycles. The van der Waals surface area contributed by atoms with Crippen LogP contribution in [0.2, 0.25) is 0 Å². The number of phenols is 1. The minimum absolute atomic E-state index is 0.0115. The number of carbonyl (C=O) groups excluding carboxylic acids is 7. The standard InChI is InChI=1S/C46H60N10O9S2/c1-25(57)37-45(65)56-38(39(49)59)46(2,3)67-66-24-36(54-40(60)31(48)20-26-10-5-4-6-11-26)44(64)52-34(21-27-15-17-29(58)18-16-27)42(62)53-35(22-28-23-50-32-13-8-7-12-30(28)32)43(63)51-33(14-9-19-47)41(61)55-37/h4-8,10-13,15-18,23,25,31,33-38,50,57-58H,9,14,19-22,24,47-48H2,1-3H3,(H2,49,59)(H,51,63)(H,52,64)(H,53,62)(H,54,60)(H,55,61)(H,56,65)/t25-,31-,33+,34+,35+,36+,37+,38-/m1/s1. The van der Waals surface area contributed by atoms with Crippen molar-refractivity contribution in [1.29, 1.82) is 0 Å². The number of aromatic amines is 1. The van der Waals surface area contributed by atoms with Gasteiger partial charge in [-0.2, -0.15) is 0 Å². The highest BCUT2D eigenvalue weighted by Crippen LogP contribution is 2.38. The number of phenolic OH excluding ortho intramolecular Hbond substituents is 1. The zero-order valence-corrected chi connectivity index (χ0v) is 39.1. The van der Waals surface area contributed by atoms with Crippen molar-refractivity contribution < 1.29 is 43.8 Å². The Hall–Kier alpha value is -6.13. The van der Waals surface area contributed by atoms with E-state index in [1.165, 1.54) is 19.1 Å². The molecule has 1 fully saturated rings. The van der Waals surface area contributed by atoms with E-state index in [0.29, 0.717) is 11.1 Å². The quantitative estimate of drug-likeness (QED) is 0.0782. The van der Waals surface area contributed by atoms with Gasteiger partial charge in [-0.1, -0.05) is 82.3 Å². The van der Waals surface area contributed by atoms with Crippen LogP contribution in [-0.2, 0) is 52.8 Å². The van der Waals surface area contributed by atoms with Crippen molar-refractivity contribution in [1.82, 2.24) is 36.9 Å². The van der Waals surface area contributed by atoms with Crippen LogP contribution in [0.25, 0.3) is 10.9 Å². The minimum atomic E-state index is -1.63. The molecule has 0 radical (unpaired) electrons. The Balaban J connectivity index is 1.58. The van der Waals surface area contributed by atoms with E-state index in [1.807, 2.05) is 30.3 Å². The van der Waals surface area contributed by atoms with Crippen LogP contribution < -0.4 is 49.1 Å². The number of benzene rings is 3. The summed E-state index contributed by atoms with van der Waals surface area (Å²) >= 11 is 0. The van der Waals surface area contributed by atoms with Crippen LogP contribution in [0.15, 0.2) is 85.1 Å². The largest absolute Gasteiger partial charge is 0.508 e. The summed E-state index contributed by atoms with van der Waals surface area (Å²) < 4.78 is -1.21. The Labute approximate surface area is 396 Å². The van der Waals surface area contributed by atoms with Crippen LogP contribution >= 0.6 is 21.6 Å². The molecular formula is C46H60N10O9S2. The molecule has 360 valence electrons. The summed E-state index contributed by atoms with van der Waals surface area (Å²) in [6.07, 6.45) is 0.332. The van der Waals surface area contributed by atoms with E-state index >= 15 is 0 Å². The maximum absolute atomic E-state index is 14.7. The summed E-state index contributed by atoms with van der Waals surface area (Å²) in [5.74, 6) is -6.03. The lowest BCUT2D eigenvalue weighted by Gasteiger charge is -2.34. The zero-order valence-electron chi connectivity index (χ0n) is 37.5. The molecule has 1 aliphatic heterocycles. The second-order valence-electron chi connectivity index (χ2n) is 16.9. The summed E-state index contributed by atoms with van der Waals surface area (Å²) in [6, 6.07) is 12.7. The Morgan fingerprint density at radius 3 is 2.06 bits per heavy atom. The highest BCUT2D eigenvalue weighted by molar-refractivity contribution is 8.77. The topological polar surface area (TPSA) is 326 Å². The number of nitrogens with one attached hydrogen (secondary N) is 7. The Morgan fingerprint density at radius 1 is 0.791 bits per heavy atom. The number of hydrogen-bond donors (Lipinski definition) is 12. The Bertz CT molecular complexity index is 2370. The van der Waals surface area contributed by atoms with Gasteiger partial charge in [-0.3, -0.25) is 33.6 Å². The number of para-hydroxylation sites is 1. The highest BCUT2D eigenvalue weighted by Gasteiger charge is 2.40. The molecule has 7 amide bonds. The van der Waals surface area contributed by atoms with Crippen LogP contribution in [0.4, 0.5) is 0 Å². The normalized spacial score (nSPS) is 23.3. The molecule has 1 saturated heterocycles. The average Bonchev–Trinajstić information content (AvgIpc) is 3.70. The fourth-order valence-electron chi connectivity index (χ4n) is 7.42. The molecule has 0 unspecified atom stereocenters. The number of H-pyrrole nitrogens is 1. The second kappa shape index (κ2) is 24.1. The number of fused-ring (bicyclic) bond motifs is 1. The molecule has 5 rings (SSSR count). The van der Waals surface area contributed by atoms with E-state index in [-0.39, 0.29) is 50.2 Å². The first-order valence-electron chi connectivity index (χ1n) is 21.8. The Kier molecular flexibility index (Phi) is 18.6. The lowest BCUT2D eigenvalue weighted by atomic mass is 10.0. The predicted molar refractivity (Wildman–Crippen MR) is 257 cm³/mol. The van der Waals surface area contributed by atoms with E-state index in [9.17, 15) is 43.8 Å². The summed E-state index contributed by atoms with van der Waals surface area (Å²) in [5, 5.41) is 37.6. The fraction of sp³-hybridized carbons (Fsp3) is 0.413. The molecule has 1 aromatic heterocycles. The monoisotopic (exact) mass is 960 g/mol. The summed E-state index contributed by atoms with van der Waals surface area (Å²) in [4.78, 5) is 101. The van der Waals surface area contributed by atoms with Gasteiger partial charge in [-0.15, -0.1) is 0 Å². The molecule has 15 N–H and O–H groups in total. The maximum Gasteiger partial charge on any atom is 0.245 e. The number of aliphatic hydroxyl groups is 1. The average molecular weight is 961 g/mol. The van der Waals surface area contributed by atoms with Crippen LogP contribution in [0.3, 0.4) is 0 Å². The van der Waals surface area contributed by atoms with Crippen molar-refractivity contribution in [3.8, 4) is 5.75 Å². The van der Waals surface area contributed by atoms with Gasteiger partial charge in [0.2, 0.25) is 41.4 Å². The summed E-state index contributed by atoms with van der Waals surface area (Å²) in [5.41, 5.74) is 20.7. The van der Waals surface area contributed by atoms with Crippen molar-refractivity contribution in [2.75, 3.05) is 12.3 Å². The molecule has 67 heavy (non-hydrogen) atoms. The van der Waals surface area contributed by atoms with Gasteiger partial charge in [0.1, 0.15) is 42.0 Å². The van der Waals surface area contributed by atoms with E-state index in [4.69, 9.17) is 17.2 Å². The van der Waals surface area contributed by atoms with Gasteiger partial charge < -0.3 is 64.3 Å². The molecule has 19 nitrogen and oxygen atoms in total. The SMILES string of the molecule is C[C@@H](O)[C@@H]1NC(=O)[C@H](CCCN)NC(=O)[C@H](Cc2c[nH]c3ccccc23)NC(=O)[C@H](Cc2ccc(O)cc2)NC(=O)[C@@H](NC(=O)[C@H](N)Cc2ccccc2)CSSC(C)(C)[C@@H](C(N)=O)NC1=O. The van der Waals surface area contributed by atoms with E-state index in [1.54, 1.807) is 56.4 Å². The van der Waals surface area contributed by atoms with Gasteiger partial charge in [-0.05, 0) is 81.5 Å². The molecule has 0 saturated carbocycles. The number of amides is 7. The summed E-state index contributed by atoms with van der Waals surface area (Å²) in [7, 11) is 2.12. The zero-order chi connectivity index (χ0) is 48.8. The van der Waals surface area contributed by atoms with Crippen LogP contribution in [0, 0.1) is 0 Å². The highest BCUT2D eigenvalue weighted by atomic mass is 33.1. The van der Waals surface area contributed by atoms with Gasteiger partial charge in [-0.25, -0.2) is 0 Å². The third-order valence-corrected chi connectivity index (χ3v) is 14.5. The van der Waals surface area contributed by atoms with Crippen LogP contribution in [-0.4, -0.2) is 122 Å². The van der Waals surface area contributed by atoms with Gasteiger partial charge in [0.25, 0.3) is 0 Å². The number of aromatic nitrogens is 1. The molecule has 0 spiro atoms. The number of aromatic hydroxyl groups is 1. The van der Waals surface area contributed by atoms with Crippen molar-refractivity contribution in [2.45, 2.75) is 106 Å². The maximum atomic E-state index is 14.7. The fourth-order valence-corrected chi connectivity index (χ4v) is 10.2. The molecule has 0 bridgehead atoms. The van der Waals surface area contributed by atoms with E-state index < -0.39 is 94.5 Å². The lowest BCUT2D eigenvalue weighted by molar-refractivity contribution is -0.136. The first-order chi connectivity index (χ1) is 31.9. The number of rotatable bonds is 13. The number of nitrogens with two attached hydrogens (primary N) is 3. The Morgan fingerprint density at radius 2 is 1.40 bits per heavy atom. The number of hydrogen-bond acceptors (Lipinski definition) is 13. The van der Waals surface area contributed by atoms with E-state index in [2.05, 4.69) is 36.9 Å². The lowest BCUT2D eigenvalue weighted by Crippen LogP contribution is -2.63. The molecule has 1 aliphatic rings. The van der Waals surface area contributed by atoms with Crippen molar-refractivity contribution in [3.05, 3.63) is 102 Å². The number of primary amides is 1. The molecule has 8 atom stereocenters. The van der Waals surface area contributed by atoms with Gasteiger partial charge in [0.15, 0.2) is 0 Å². The first-order valence-corrected chi connectivity index (χ1v) is 24.1. The first kappa shape index (κ1) is 51.8. The van der Waals surface area contributed by atoms with Gasteiger partial charge in [0.05, 0.1) is 12.1 Å². The van der Waals surface area contributed by atoms with Crippen molar-refractivity contribution in [3.63, 3.8) is 0 Å². The molecule has 3 aromatic carbocycles. The third kappa shape index (κ3) is 14.7. The number of carbonyl (C=O) groups is 7. The molecular weight excluding hydrogens is 901 g/mol. The summed E-state index contributed by atoms with van der Waals surface area (Å²) in [6.45, 7) is 4.60. The van der Waals surface area contributed by atoms with Crippen LogP contribution in [0.1, 0.15) is 50.3 Å². The minimum Gasteiger partial charge on any atom is -0.508 e. The van der Waals surface area contributed by atoms with Gasteiger partial charge >= 0.3 is 0 Å². The molecule has 21 heteroatoms. The van der Waals surface area contributed by atoms with Gasteiger partial charge in [0, 0.05) is 40.4 Å². The van der Waals surface area contributed by atoms with Crippen molar-refractivity contribution >= 4 is 73.8 Å². The molecule has 2 heterocycles. The second-order valence-corrected chi connectivity index (χ2v) is 19.9.